The summed E-state index contributed by atoms with van der Waals surface area (Å²) in [6.45, 7) is 5.32. The molecule has 1 atom stereocenters. The number of imidazole rings is 1. The smallest absolute Gasteiger partial charge is 0.143 e. The highest BCUT2D eigenvalue weighted by molar-refractivity contribution is 5.94. The Kier molecular flexibility index (Phi) is 2.50. The van der Waals surface area contributed by atoms with Crippen molar-refractivity contribution in [3.8, 4) is 0 Å². The quantitative estimate of drug-likeness (QED) is 0.570. The van der Waals surface area contributed by atoms with Crippen LogP contribution in [0, 0.1) is 5.41 Å². The summed E-state index contributed by atoms with van der Waals surface area (Å²) >= 11 is 0. The van der Waals surface area contributed by atoms with Gasteiger partial charge in [-0.2, -0.15) is 0 Å². The van der Waals surface area contributed by atoms with E-state index in [4.69, 9.17) is 11.1 Å². The number of amidine groups is 1. The third-order valence-electron chi connectivity index (χ3n) is 3.14. The van der Waals surface area contributed by atoms with Gasteiger partial charge >= 0.3 is 0 Å². The summed E-state index contributed by atoms with van der Waals surface area (Å²) in [5, 5.41) is 7.56. The summed E-state index contributed by atoms with van der Waals surface area (Å²) in [5.41, 5.74) is 7.45. The van der Waals surface area contributed by atoms with E-state index in [2.05, 4.69) is 23.4 Å². The third kappa shape index (κ3) is 1.54. The van der Waals surface area contributed by atoms with Crippen molar-refractivity contribution in [2.75, 3.05) is 0 Å². The highest BCUT2D eigenvalue weighted by atomic mass is 15.1. The van der Waals surface area contributed by atoms with Gasteiger partial charge in [0.1, 0.15) is 17.4 Å². The lowest BCUT2D eigenvalue weighted by Gasteiger charge is -2.22. The fourth-order valence-corrected chi connectivity index (χ4v) is 2.42. The SMILES string of the molecule is CCc1nc(C(=N)N)c2n1CCCC2C. The third-order valence-corrected chi connectivity index (χ3v) is 3.14. The van der Waals surface area contributed by atoms with E-state index in [9.17, 15) is 0 Å². The van der Waals surface area contributed by atoms with Crippen LogP contribution in [-0.4, -0.2) is 15.4 Å². The minimum atomic E-state index is 0.104. The molecule has 0 spiro atoms. The molecule has 1 aliphatic rings. The lowest BCUT2D eigenvalue weighted by molar-refractivity contribution is 0.463. The molecule has 0 aromatic carbocycles. The molecule has 0 fully saturated rings. The van der Waals surface area contributed by atoms with E-state index < -0.39 is 0 Å². The predicted molar refractivity (Wildman–Crippen MR) is 60.3 cm³/mol. The maximum absolute atomic E-state index is 7.56. The van der Waals surface area contributed by atoms with Crippen molar-refractivity contribution in [1.29, 1.82) is 5.41 Å². The number of nitrogens with one attached hydrogen (secondary N) is 1. The molecule has 15 heavy (non-hydrogen) atoms. The number of aromatic nitrogens is 2. The average Bonchev–Trinajstić information content (AvgIpc) is 2.58. The van der Waals surface area contributed by atoms with Crippen LogP contribution in [0.2, 0.25) is 0 Å². The summed E-state index contributed by atoms with van der Waals surface area (Å²) in [6, 6.07) is 0. The molecule has 0 amide bonds. The first-order chi connectivity index (χ1) is 7.15. The van der Waals surface area contributed by atoms with Crippen molar-refractivity contribution >= 4 is 5.84 Å². The van der Waals surface area contributed by atoms with Crippen molar-refractivity contribution < 1.29 is 0 Å². The first-order valence-corrected chi connectivity index (χ1v) is 5.58. The molecule has 0 bridgehead atoms. The Morgan fingerprint density at radius 2 is 2.40 bits per heavy atom. The van der Waals surface area contributed by atoms with Gasteiger partial charge in [-0.1, -0.05) is 13.8 Å². The summed E-state index contributed by atoms with van der Waals surface area (Å²) < 4.78 is 2.25. The summed E-state index contributed by atoms with van der Waals surface area (Å²) in [6.07, 6.45) is 3.29. The lowest BCUT2D eigenvalue weighted by Crippen LogP contribution is -2.20. The number of hydrogen-bond donors (Lipinski definition) is 2. The second-order valence-electron chi connectivity index (χ2n) is 4.22. The molecule has 0 aliphatic carbocycles. The van der Waals surface area contributed by atoms with Gasteiger partial charge in [-0.3, -0.25) is 5.41 Å². The molecule has 0 saturated heterocycles. The highest BCUT2D eigenvalue weighted by Gasteiger charge is 2.25. The van der Waals surface area contributed by atoms with E-state index in [-0.39, 0.29) is 5.84 Å². The Morgan fingerprint density at radius 3 is 3.00 bits per heavy atom. The van der Waals surface area contributed by atoms with Gasteiger partial charge in [0.05, 0.1) is 5.69 Å². The molecule has 2 rings (SSSR count). The number of aryl methyl sites for hydroxylation is 1. The molecule has 82 valence electrons. The van der Waals surface area contributed by atoms with Crippen LogP contribution in [0.3, 0.4) is 0 Å². The minimum Gasteiger partial charge on any atom is -0.382 e. The Balaban J connectivity index is 2.58. The molecule has 1 aliphatic heterocycles. The Labute approximate surface area is 90.0 Å². The second kappa shape index (κ2) is 3.68. The molecule has 1 aromatic rings. The molecule has 0 saturated carbocycles. The molecule has 4 heteroatoms. The van der Waals surface area contributed by atoms with Gasteiger partial charge in [0, 0.05) is 13.0 Å². The standard InChI is InChI=1S/C11H18N4/c1-3-8-14-9(11(12)13)10-7(2)5-4-6-15(8)10/h7H,3-6H2,1-2H3,(H3,12,13). The van der Waals surface area contributed by atoms with E-state index >= 15 is 0 Å². The van der Waals surface area contributed by atoms with Crippen LogP contribution in [0.5, 0.6) is 0 Å². The van der Waals surface area contributed by atoms with Gasteiger partial charge in [0.15, 0.2) is 0 Å². The molecule has 0 radical (unpaired) electrons. The van der Waals surface area contributed by atoms with E-state index in [1.807, 2.05) is 0 Å². The fraction of sp³-hybridized carbons (Fsp3) is 0.636. The monoisotopic (exact) mass is 206 g/mol. The van der Waals surface area contributed by atoms with Crippen LogP contribution in [-0.2, 0) is 13.0 Å². The normalized spacial score (nSPS) is 20.0. The first kappa shape index (κ1) is 10.2. The van der Waals surface area contributed by atoms with Crippen molar-refractivity contribution in [3.05, 3.63) is 17.2 Å². The van der Waals surface area contributed by atoms with E-state index in [0.717, 1.165) is 18.8 Å². The largest absolute Gasteiger partial charge is 0.382 e. The second-order valence-corrected chi connectivity index (χ2v) is 4.22. The zero-order chi connectivity index (χ0) is 11.0. The summed E-state index contributed by atoms with van der Waals surface area (Å²) in [4.78, 5) is 4.47. The Hall–Kier alpha value is -1.32. The zero-order valence-electron chi connectivity index (χ0n) is 9.38. The minimum absolute atomic E-state index is 0.104. The topological polar surface area (TPSA) is 67.7 Å². The van der Waals surface area contributed by atoms with Crippen molar-refractivity contribution in [1.82, 2.24) is 9.55 Å². The maximum atomic E-state index is 7.56. The molecule has 3 N–H and O–H groups in total. The van der Waals surface area contributed by atoms with Crippen LogP contribution in [0.1, 0.15) is 49.8 Å². The van der Waals surface area contributed by atoms with Crippen LogP contribution in [0.25, 0.3) is 0 Å². The van der Waals surface area contributed by atoms with E-state index in [1.54, 1.807) is 0 Å². The number of nitrogens with zero attached hydrogens (tertiary/aromatic N) is 2. The van der Waals surface area contributed by atoms with Gasteiger partial charge < -0.3 is 10.3 Å². The molecular weight excluding hydrogens is 188 g/mol. The highest BCUT2D eigenvalue weighted by Crippen LogP contribution is 2.30. The maximum Gasteiger partial charge on any atom is 0.143 e. The molecular formula is C11H18N4. The lowest BCUT2D eigenvalue weighted by atomic mass is 9.96. The van der Waals surface area contributed by atoms with Crippen molar-refractivity contribution in [2.24, 2.45) is 5.73 Å². The fourth-order valence-electron chi connectivity index (χ4n) is 2.42. The number of nitrogen functional groups attached to an aromatic ring is 1. The molecule has 1 aromatic heterocycles. The zero-order valence-corrected chi connectivity index (χ0v) is 9.38. The molecule has 1 unspecified atom stereocenters. The van der Waals surface area contributed by atoms with Gasteiger partial charge in [-0.05, 0) is 18.8 Å². The molecule has 4 nitrogen and oxygen atoms in total. The van der Waals surface area contributed by atoms with Crippen LogP contribution in [0.4, 0.5) is 0 Å². The number of fused-ring (bicyclic) bond motifs is 1. The first-order valence-electron chi connectivity index (χ1n) is 5.58. The number of hydrogen-bond acceptors (Lipinski definition) is 2. The summed E-state index contributed by atoms with van der Waals surface area (Å²) in [5.74, 6) is 1.65. The Morgan fingerprint density at radius 1 is 1.67 bits per heavy atom. The van der Waals surface area contributed by atoms with E-state index in [0.29, 0.717) is 11.6 Å². The van der Waals surface area contributed by atoms with Gasteiger partial charge in [0.2, 0.25) is 0 Å². The van der Waals surface area contributed by atoms with Crippen molar-refractivity contribution in [2.45, 2.75) is 45.6 Å². The van der Waals surface area contributed by atoms with Crippen LogP contribution >= 0.6 is 0 Å². The van der Waals surface area contributed by atoms with E-state index in [1.165, 1.54) is 18.5 Å². The predicted octanol–water partition coefficient (Wildman–Crippen LogP) is 1.63. The van der Waals surface area contributed by atoms with Gasteiger partial charge in [0.25, 0.3) is 0 Å². The number of nitrogens with two attached hydrogens (primary N) is 1. The van der Waals surface area contributed by atoms with Gasteiger partial charge in [-0.25, -0.2) is 4.98 Å². The van der Waals surface area contributed by atoms with Crippen LogP contribution in [0.15, 0.2) is 0 Å². The Bertz CT molecular complexity index is 392. The van der Waals surface area contributed by atoms with Crippen molar-refractivity contribution in [3.63, 3.8) is 0 Å². The summed E-state index contributed by atoms with van der Waals surface area (Å²) in [7, 11) is 0. The number of rotatable bonds is 2. The molecule has 2 heterocycles. The van der Waals surface area contributed by atoms with Crippen LogP contribution < -0.4 is 5.73 Å². The van der Waals surface area contributed by atoms with Gasteiger partial charge in [-0.15, -0.1) is 0 Å². The average molecular weight is 206 g/mol.